The van der Waals surface area contributed by atoms with Crippen LogP contribution in [0.15, 0.2) is 71.8 Å². The number of carbonyl (C=O) groups excluding carboxylic acids is 1. The number of nitrogens with one attached hydrogen (secondary N) is 2. The predicted molar refractivity (Wildman–Crippen MR) is 125 cm³/mol. The van der Waals surface area contributed by atoms with Crippen LogP contribution in [-0.2, 0) is 0 Å². The lowest BCUT2D eigenvalue weighted by molar-refractivity contribution is 0.0950. The van der Waals surface area contributed by atoms with Gasteiger partial charge in [-0.1, -0.05) is 43.7 Å². The number of carbonyl (C=O) groups is 1. The Balaban J connectivity index is 1.42. The van der Waals surface area contributed by atoms with E-state index in [1.54, 1.807) is 12.1 Å². The number of aromatic hydroxyl groups is 1. The first-order valence-corrected chi connectivity index (χ1v) is 10.5. The normalized spacial score (nSPS) is 11.2. The summed E-state index contributed by atoms with van der Waals surface area (Å²) in [6.45, 7) is 2.82. The Labute approximate surface area is 185 Å². The topological polar surface area (TPSA) is 99.6 Å². The fourth-order valence-corrected chi connectivity index (χ4v) is 3.28. The Kier molecular flexibility index (Phi) is 6.46. The highest BCUT2D eigenvalue weighted by atomic mass is 16.5. The number of ether oxygens (including phenoxy) is 1. The number of fused-ring (bicyclic) bond motifs is 1. The van der Waals surface area contributed by atoms with Gasteiger partial charge in [-0.25, -0.2) is 5.43 Å². The van der Waals surface area contributed by atoms with Crippen molar-refractivity contribution in [2.24, 2.45) is 5.10 Å². The number of rotatable bonds is 8. The maximum absolute atomic E-state index is 12.5. The number of hydrogen-bond acceptors (Lipinski definition) is 5. The first-order chi connectivity index (χ1) is 15.7. The van der Waals surface area contributed by atoms with Crippen molar-refractivity contribution in [1.29, 1.82) is 0 Å². The zero-order valence-electron chi connectivity index (χ0n) is 17.7. The third-order valence-corrected chi connectivity index (χ3v) is 5.05. The number of phenolic OH excluding ortho intramolecular Hbond substituents is 1. The third kappa shape index (κ3) is 4.78. The molecule has 0 saturated carbocycles. The lowest BCUT2D eigenvalue weighted by Crippen LogP contribution is -2.18. The van der Waals surface area contributed by atoms with Crippen molar-refractivity contribution in [3.8, 4) is 22.8 Å². The van der Waals surface area contributed by atoms with Gasteiger partial charge >= 0.3 is 0 Å². The molecule has 7 nitrogen and oxygen atoms in total. The second-order valence-corrected chi connectivity index (χ2v) is 7.31. The van der Waals surface area contributed by atoms with E-state index in [4.69, 9.17) is 4.74 Å². The summed E-state index contributed by atoms with van der Waals surface area (Å²) in [5.74, 6) is 0.466. The first kappa shape index (κ1) is 21.1. The summed E-state index contributed by atoms with van der Waals surface area (Å²) in [6, 6.07) is 20.3. The molecular formula is C25H24N4O3. The van der Waals surface area contributed by atoms with E-state index < -0.39 is 5.91 Å². The average molecular weight is 428 g/mol. The Morgan fingerprint density at radius 3 is 2.78 bits per heavy atom. The van der Waals surface area contributed by atoms with Crippen LogP contribution in [0.1, 0.15) is 35.8 Å². The van der Waals surface area contributed by atoms with E-state index in [2.05, 4.69) is 27.6 Å². The molecule has 0 saturated heterocycles. The summed E-state index contributed by atoms with van der Waals surface area (Å²) in [5.41, 5.74) is 4.80. The molecule has 3 N–H and O–H groups in total. The van der Waals surface area contributed by atoms with Crippen molar-refractivity contribution in [1.82, 2.24) is 15.6 Å². The highest BCUT2D eigenvalue weighted by Gasteiger charge is 2.11. The van der Waals surface area contributed by atoms with Gasteiger partial charge in [-0.3, -0.25) is 9.89 Å². The molecule has 1 aromatic heterocycles. The van der Waals surface area contributed by atoms with Crippen LogP contribution in [0.4, 0.5) is 0 Å². The third-order valence-electron chi connectivity index (χ3n) is 5.05. The van der Waals surface area contributed by atoms with E-state index in [-0.39, 0.29) is 11.4 Å². The molecule has 1 heterocycles. The maximum Gasteiger partial charge on any atom is 0.289 e. The number of unbranched alkanes of at least 4 members (excludes halogenated alkanes) is 1. The molecule has 32 heavy (non-hydrogen) atoms. The van der Waals surface area contributed by atoms with Gasteiger partial charge in [0.05, 0.1) is 18.5 Å². The molecular weight excluding hydrogens is 404 g/mol. The largest absolute Gasteiger partial charge is 0.507 e. The van der Waals surface area contributed by atoms with Crippen molar-refractivity contribution in [3.63, 3.8) is 0 Å². The number of nitrogens with zero attached hydrogens (tertiary/aromatic N) is 2. The van der Waals surface area contributed by atoms with Crippen LogP contribution in [0, 0.1) is 0 Å². The molecule has 1 amide bonds. The fourth-order valence-electron chi connectivity index (χ4n) is 3.28. The molecule has 0 aliphatic heterocycles. The van der Waals surface area contributed by atoms with E-state index in [1.165, 1.54) is 6.21 Å². The van der Waals surface area contributed by atoms with Gasteiger partial charge in [0.2, 0.25) is 0 Å². The van der Waals surface area contributed by atoms with Crippen molar-refractivity contribution in [3.05, 3.63) is 78.0 Å². The molecule has 0 aliphatic carbocycles. The van der Waals surface area contributed by atoms with Crippen molar-refractivity contribution < 1.29 is 14.6 Å². The summed E-state index contributed by atoms with van der Waals surface area (Å²) in [6.07, 6.45) is 3.54. The van der Waals surface area contributed by atoms with Crippen LogP contribution in [0.2, 0.25) is 0 Å². The average Bonchev–Trinajstić information content (AvgIpc) is 3.31. The van der Waals surface area contributed by atoms with E-state index in [9.17, 15) is 9.90 Å². The number of phenols is 1. The molecule has 0 unspecified atom stereocenters. The SMILES string of the molecule is CCCCOc1ccc(-c2cc(C(=O)N/N=C/c3c(O)ccc4ccccc34)[nH]n2)cc1. The van der Waals surface area contributed by atoms with Gasteiger partial charge in [0.15, 0.2) is 0 Å². The standard InChI is InChI=1S/C25H24N4O3/c1-2-3-14-32-19-11-8-18(9-12-19)22-15-23(28-27-22)25(31)29-26-16-21-20-7-5-4-6-17(20)10-13-24(21)30/h4-13,15-16,30H,2-3,14H2,1H3,(H,27,28)(H,29,31)/b26-16+. The molecule has 0 aliphatic rings. The highest BCUT2D eigenvalue weighted by molar-refractivity contribution is 6.03. The van der Waals surface area contributed by atoms with Crippen LogP contribution >= 0.6 is 0 Å². The molecule has 0 spiro atoms. The molecule has 3 aromatic carbocycles. The number of hydrogen-bond donors (Lipinski definition) is 3. The van der Waals surface area contributed by atoms with Crippen molar-refractivity contribution in [2.45, 2.75) is 19.8 Å². The molecule has 0 atom stereocenters. The fraction of sp³-hybridized carbons (Fsp3) is 0.160. The molecule has 0 fully saturated rings. The Morgan fingerprint density at radius 1 is 1.16 bits per heavy atom. The van der Waals surface area contributed by atoms with Crippen LogP contribution in [0.5, 0.6) is 11.5 Å². The predicted octanol–water partition coefficient (Wildman–Crippen LogP) is 4.88. The number of hydrazone groups is 1. The molecule has 4 rings (SSSR count). The summed E-state index contributed by atoms with van der Waals surface area (Å²) in [7, 11) is 0. The van der Waals surface area contributed by atoms with E-state index >= 15 is 0 Å². The Bertz CT molecular complexity index is 1250. The lowest BCUT2D eigenvalue weighted by atomic mass is 10.0. The van der Waals surface area contributed by atoms with Gasteiger partial charge in [-0.2, -0.15) is 10.2 Å². The first-order valence-electron chi connectivity index (χ1n) is 10.5. The maximum atomic E-state index is 12.5. The zero-order valence-corrected chi connectivity index (χ0v) is 17.7. The number of benzene rings is 3. The minimum absolute atomic E-state index is 0.0904. The molecule has 0 radical (unpaired) electrons. The molecule has 162 valence electrons. The van der Waals surface area contributed by atoms with E-state index in [1.807, 2.05) is 54.6 Å². The second-order valence-electron chi connectivity index (χ2n) is 7.31. The lowest BCUT2D eigenvalue weighted by Gasteiger charge is -2.05. The summed E-state index contributed by atoms with van der Waals surface area (Å²) in [4.78, 5) is 12.5. The Hall–Kier alpha value is -4.13. The highest BCUT2D eigenvalue weighted by Crippen LogP contribution is 2.25. The van der Waals surface area contributed by atoms with E-state index in [0.29, 0.717) is 17.9 Å². The van der Waals surface area contributed by atoms with Crippen molar-refractivity contribution in [2.75, 3.05) is 6.61 Å². The quantitative estimate of drug-likeness (QED) is 0.212. The number of aromatic nitrogens is 2. The van der Waals surface area contributed by atoms with Gasteiger partial charge in [0, 0.05) is 11.1 Å². The Morgan fingerprint density at radius 2 is 1.97 bits per heavy atom. The number of aromatic amines is 1. The molecule has 7 heteroatoms. The van der Waals surface area contributed by atoms with Crippen LogP contribution < -0.4 is 10.2 Å². The summed E-state index contributed by atoms with van der Waals surface area (Å²) >= 11 is 0. The second kappa shape index (κ2) is 9.78. The molecule has 4 aromatic rings. The molecule has 0 bridgehead atoms. The minimum atomic E-state index is -0.431. The zero-order chi connectivity index (χ0) is 22.3. The summed E-state index contributed by atoms with van der Waals surface area (Å²) in [5, 5.41) is 22.9. The van der Waals surface area contributed by atoms with Gasteiger partial charge in [0.1, 0.15) is 17.2 Å². The van der Waals surface area contributed by atoms with Gasteiger partial charge in [-0.15, -0.1) is 0 Å². The van der Waals surface area contributed by atoms with Crippen LogP contribution in [-0.4, -0.2) is 34.0 Å². The van der Waals surface area contributed by atoms with E-state index in [0.717, 1.165) is 34.9 Å². The number of amides is 1. The monoisotopic (exact) mass is 428 g/mol. The van der Waals surface area contributed by atoms with Crippen LogP contribution in [0.3, 0.4) is 0 Å². The van der Waals surface area contributed by atoms with Crippen LogP contribution in [0.25, 0.3) is 22.0 Å². The minimum Gasteiger partial charge on any atom is -0.507 e. The summed E-state index contributed by atoms with van der Waals surface area (Å²) < 4.78 is 5.67. The number of H-pyrrole nitrogens is 1. The van der Waals surface area contributed by atoms with Gasteiger partial charge < -0.3 is 9.84 Å². The smallest absolute Gasteiger partial charge is 0.289 e. The van der Waals surface area contributed by atoms with Crippen molar-refractivity contribution >= 4 is 22.9 Å². The van der Waals surface area contributed by atoms with Gasteiger partial charge in [-0.05, 0) is 53.6 Å². The van der Waals surface area contributed by atoms with Gasteiger partial charge in [0.25, 0.3) is 5.91 Å².